The first-order chi connectivity index (χ1) is 9.61. The number of ether oxygens (including phenoxy) is 1. The van der Waals surface area contributed by atoms with Crippen molar-refractivity contribution in [2.75, 3.05) is 18.4 Å². The summed E-state index contributed by atoms with van der Waals surface area (Å²) < 4.78 is 5.59. The van der Waals surface area contributed by atoms with E-state index < -0.39 is 6.09 Å². The Morgan fingerprint density at radius 3 is 2.95 bits per heavy atom. The number of carbonyl (C=O) groups is 1. The van der Waals surface area contributed by atoms with E-state index in [2.05, 4.69) is 15.3 Å². The van der Waals surface area contributed by atoms with Crippen LogP contribution < -0.4 is 10.1 Å². The summed E-state index contributed by atoms with van der Waals surface area (Å²) in [4.78, 5) is 20.6. The van der Waals surface area contributed by atoms with Gasteiger partial charge in [0.25, 0.3) is 0 Å². The lowest BCUT2D eigenvalue weighted by molar-refractivity contribution is 0.155. The fraction of sp³-hybridized carbons (Fsp3) is 0.583. The van der Waals surface area contributed by atoms with Crippen molar-refractivity contribution in [1.29, 1.82) is 0 Å². The molecule has 2 fully saturated rings. The second-order valence-electron chi connectivity index (χ2n) is 5.02. The first-order valence-corrected chi connectivity index (χ1v) is 6.93. The summed E-state index contributed by atoms with van der Waals surface area (Å²) in [5.74, 6) is 0.807. The van der Waals surface area contributed by atoms with Crippen LogP contribution in [0.25, 0.3) is 0 Å². The minimum Gasteiger partial charge on any atom is -0.473 e. The van der Waals surface area contributed by atoms with Crippen molar-refractivity contribution in [3.05, 3.63) is 11.2 Å². The molecular formula is C12H15ClN4O3. The maximum Gasteiger partial charge on any atom is 0.407 e. The van der Waals surface area contributed by atoms with Crippen LogP contribution in [0.1, 0.15) is 19.3 Å². The fourth-order valence-electron chi connectivity index (χ4n) is 2.08. The minimum atomic E-state index is -0.899. The highest BCUT2D eigenvalue weighted by Gasteiger charge is 2.28. The topological polar surface area (TPSA) is 87.6 Å². The van der Waals surface area contributed by atoms with Crippen molar-refractivity contribution in [3.8, 4) is 5.88 Å². The van der Waals surface area contributed by atoms with Gasteiger partial charge in [-0.15, -0.1) is 0 Å². The van der Waals surface area contributed by atoms with Gasteiger partial charge in [-0.3, -0.25) is 0 Å². The van der Waals surface area contributed by atoms with Crippen LogP contribution in [-0.2, 0) is 0 Å². The number of likely N-dealkylation sites (tertiary alicyclic amines) is 1. The molecule has 2 aliphatic rings. The molecule has 1 saturated heterocycles. The maximum absolute atomic E-state index is 10.9. The summed E-state index contributed by atoms with van der Waals surface area (Å²) in [5, 5.41) is 12.4. The van der Waals surface area contributed by atoms with Crippen molar-refractivity contribution in [1.82, 2.24) is 14.9 Å². The molecule has 0 bridgehead atoms. The summed E-state index contributed by atoms with van der Waals surface area (Å²) in [6.45, 7) is 0.951. The number of nitrogens with zero attached hydrogens (tertiary/aromatic N) is 3. The highest BCUT2D eigenvalue weighted by atomic mass is 35.5. The highest BCUT2D eigenvalue weighted by Crippen LogP contribution is 2.30. The average Bonchev–Trinajstić information content (AvgIpc) is 3.09. The Kier molecular flexibility index (Phi) is 3.52. The number of nitrogens with one attached hydrogen (secondary N) is 1. The quantitative estimate of drug-likeness (QED) is 0.882. The maximum atomic E-state index is 10.9. The van der Waals surface area contributed by atoms with Crippen LogP contribution in [-0.4, -0.2) is 51.3 Å². The van der Waals surface area contributed by atoms with Crippen LogP contribution in [0, 0.1) is 0 Å². The third-order valence-corrected chi connectivity index (χ3v) is 3.57. The van der Waals surface area contributed by atoms with Crippen LogP contribution >= 0.6 is 11.6 Å². The molecule has 2 heterocycles. The van der Waals surface area contributed by atoms with E-state index in [4.69, 9.17) is 21.4 Å². The van der Waals surface area contributed by atoms with Gasteiger partial charge in [-0.2, -0.15) is 4.98 Å². The molecule has 1 aromatic heterocycles. The molecule has 1 unspecified atom stereocenters. The Hall–Kier alpha value is -1.76. The molecule has 8 heteroatoms. The number of anilines is 1. The van der Waals surface area contributed by atoms with E-state index in [1.807, 2.05) is 0 Å². The number of hydrogen-bond donors (Lipinski definition) is 2. The molecule has 108 valence electrons. The number of halogens is 1. The van der Waals surface area contributed by atoms with Crippen LogP contribution in [0.4, 0.5) is 10.7 Å². The van der Waals surface area contributed by atoms with Crippen molar-refractivity contribution >= 4 is 23.6 Å². The van der Waals surface area contributed by atoms with Gasteiger partial charge < -0.3 is 20.1 Å². The van der Waals surface area contributed by atoms with Gasteiger partial charge in [-0.1, -0.05) is 11.6 Å². The van der Waals surface area contributed by atoms with Crippen molar-refractivity contribution < 1.29 is 14.6 Å². The van der Waals surface area contributed by atoms with E-state index >= 15 is 0 Å². The first-order valence-electron chi connectivity index (χ1n) is 6.55. The lowest BCUT2D eigenvalue weighted by Crippen LogP contribution is -2.30. The lowest BCUT2D eigenvalue weighted by atomic mass is 10.3. The van der Waals surface area contributed by atoms with Crippen molar-refractivity contribution in [2.45, 2.75) is 31.4 Å². The van der Waals surface area contributed by atoms with Gasteiger partial charge in [0.05, 0.1) is 6.20 Å². The van der Waals surface area contributed by atoms with Crippen LogP contribution in [0.5, 0.6) is 5.88 Å². The summed E-state index contributed by atoms with van der Waals surface area (Å²) in [6.07, 6.45) is 3.60. The molecule has 0 aromatic carbocycles. The van der Waals surface area contributed by atoms with Crippen LogP contribution in [0.15, 0.2) is 6.20 Å². The second-order valence-corrected chi connectivity index (χ2v) is 5.43. The zero-order valence-electron chi connectivity index (χ0n) is 10.8. The van der Waals surface area contributed by atoms with E-state index in [1.165, 1.54) is 11.1 Å². The molecule has 20 heavy (non-hydrogen) atoms. The second kappa shape index (κ2) is 5.32. The molecule has 0 spiro atoms. The SMILES string of the molecule is O=C(O)N1CCC(Nc2ncc(Cl)c(OC3CC3)n2)C1. The molecule has 2 N–H and O–H groups in total. The largest absolute Gasteiger partial charge is 0.473 e. The van der Waals surface area contributed by atoms with E-state index in [0.717, 1.165) is 19.3 Å². The number of aromatic nitrogens is 2. The molecular weight excluding hydrogens is 284 g/mol. The summed E-state index contributed by atoms with van der Waals surface area (Å²) in [5.41, 5.74) is 0. The molecule has 1 saturated carbocycles. The molecule has 3 rings (SSSR count). The number of carboxylic acid groups (broad SMARTS) is 1. The van der Waals surface area contributed by atoms with E-state index in [1.54, 1.807) is 0 Å². The fourth-order valence-corrected chi connectivity index (χ4v) is 2.22. The predicted octanol–water partition coefficient (Wildman–Crippen LogP) is 1.84. The van der Waals surface area contributed by atoms with Crippen LogP contribution in [0.3, 0.4) is 0 Å². The van der Waals surface area contributed by atoms with Gasteiger partial charge in [0.15, 0.2) is 0 Å². The van der Waals surface area contributed by atoms with Crippen molar-refractivity contribution in [2.24, 2.45) is 0 Å². The predicted molar refractivity (Wildman–Crippen MR) is 72.3 cm³/mol. The summed E-state index contributed by atoms with van der Waals surface area (Å²) >= 11 is 5.99. The van der Waals surface area contributed by atoms with Gasteiger partial charge in [-0.05, 0) is 19.3 Å². The molecule has 1 aromatic rings. The number of amides is 1. The minimum absolute atomic E-state index is 0.0149. The average molecular weight is 299 g/mol. The lowest BCUT2D eigenvalue weighted by Gasteiger charge is -2.14. The van der Waals surface area contributed by atoms with E-state index in [9.17, 15) is 4.79 Å². The molecule has 7 nitrogen and oxygen atoms in total. The Labute approximate surface area is 120 Å². The highest BCUT2D eigenvalue weighted by molar-refractivity contribution is 6.31. The Balaban J connectivity index is 1.63. The monoisotopic (exact) mass is 298 g/mol. The Bertz CT molecular complexity index is 523. The third-order valence-electron chi connectivity index (χ3n) is 3.31. The number of hydrogen-bond acceptors (Lipinski definition) is 5. The van der Waals surface area contributed by atoms with Gasteiger partial charge in [0, 0.05) is 19.1 Å². The standard InChI is InChI=1S/C12H15ClN4O3/c13-9-5-14-11(16-10(9)20-8-1-2-8)15-7-3-4-17(6-7)12(18)19/h5,7-8H,1-4,6H2,(H,18,19)(H,14,15,16). The molecule has 1 aliphatic carbocycles. The van der Waals surface area contributed by atoms with Gasteiger partial charge >= 0.3 is 6.09 Å². The van der Waals surface area contributed by atoms with E-state index in [-0.39, 0.29) is 12.1 Å². The molecule has 1 amide bonds. The molecule has 1 aliphatic heterocycles. The van der Waals surface area contributed by atoms with Gasteiger partial charge in [0.1, 0.15) is 11.1 Å². The normalized spacial score (nSPS) is 21.9. The van der Waals surface area contributed by atoms with Gasteiger partial charge in [-0.25, -0.2) is 9.78 Å². The zero-order chi connectivity index (χ0) is 14.1. The van der Waals surface area contributed by atoms with Crippen molar-refractivity contribution in [3.63, 3.8) is 0 Å². The first kappa shape index (κ1) is 13.2. The molecule has 1 atom stereocenters. The Morgan fingerprint density at radius 2 is 2.30 bits per heavy atom. The third kappa shape index (κ3) is 3.04. The smallest absolute Gasteiger partial charge is 0.407 e. The number of rotatable bonds is 4. The van der Waals surface area contributed by atoms with Crippen LogP contribution in [0.2, 0.25) is 5.02 Å². The van der Waals surface area contributed by atoms with Gasteiger partial charge in [0.2, 0.25) is 11.8 Å². The summed E-state index contributed by atoms with van der Waals surface area (Å²) in [7, 11) is 0. The summed E-state index contributed by atoms with van der Waals surface area (Å²) in [6, 6.07) is 0.0149. The zero-order valence-corrected chi connectivity index (χ0v) is 11.5. The molecule has 0 radical (unpaired) electrons. The van der Waals surface area contributed by atoms with E-state index in [0.29, 0.717) is 29.9 Å². The Morgan fingerprint density at radius 1 is 1.50 bits per heavy atom.